The number of nitrogens with one attached hydrogen (secondary N) is 2. The third kappa shape index (κ3) is 56.9. The molecule has 5 aromatic carbocycles. The van der Waals surface area contributed by atoms with E-state index in [2.05, 4.69) is 206 Å². The molecule has 1 fully saturated rings. The van der Waals surface area contributed by atoms with Crippen LogP contribution in [0.5, 0.6) is 0 Å². The molecule has 0 spiro atoms. The van der Waals surface area contributed by atoms with Gasteiger partial charge in [0.2, 0.25) is 12.7 Å². The largest absolute Gasteiger partial charge is 0.386 e. The van der Waals surface area contributed by atoms with Crippen molar-refractivity contribution in [3.8, 4) is 0 Å². The molecule has 4 aliphatic rings. The number of likely N-dealkylation sites (tertiary alicyclic amines) is 1. The fourth-order valence-electron chi connectivity index (χ4n) is 7.99. The predicted molar refractivity (Wildman–Crippen MR) is 471 cm³/mol. The molecule has 109 heavy (non-hydrogen) atoms. The van der Waals surface area contributed by atoms with Crippen LogP contribution in [0.4, 0.5) is 0 Å². The Morgan fingerprint density at radius 2 is 0.991 bits per heavy atom. The number of hydrogen-bond donors (Lipinski definition) is 3. The molecule has 1 saturated heterocycles. The zero-order valence-corrected chi connectivity index (χ0v) is 71.4. The minimum absolute atomic E-state index is 0. The third-order valence-corrected chi connectivity index (χ3v) is 14.5. The summed E-state index contributed by atoms with van der Waals surface area (Å²) in [6.45, 7) is 52.2. The number of para-hydroxylation sites is 1. The van der Waals surface area contributed by atoms with Crippen LogP contribution in [-0.2, 0) is 16.6 Å². The predicted octanol–water partition coefficient (Wildman–Crippen LogP) is 22.9. The van der Waals surface area contributed by atoms with Gasteiger partial charge in [0.05, 0.1) is 18.8 Å². The highest BCUT2D eigenvalue weighted by atomic mass is 16.3. The van der Waals surface area contributed by atoms with E-state index in [1.807, 2.05) is 149 Å². The van der Waals surface area contributed by atoms with Gasteiger partial charge in [0.15, 0.2) is 17.3 Å². The molecular weight excluding hydrogens is 1350 g/mol. The maximum Gasteiger partial charge on any atom is 0.273 e. The van der Waals surface area contributed by atoms with Crippen molar-refractivity contribution in [1.82, 2.24) is 35.0 Å². The number of Topliss-reactive ketones (excluding diaryl/α,β-unsaturated/α-hetero) is 4. The molecule has 9 aromatic rings. The minimum Gasteiger partial charge on any atom is -0.386 e. The van der Waals surface area contributed by atoms with Gasteiger partial charge in [0.1, 0.15) is 11.9 Å². The Morgan fingerprint density at radius 3 is 1.32 bits per heavy atom. The molecule has 0 bridgehead atoms. The van der Waals surface area contributed by atoms with Gasteiger partial charge >= 0.3 is 0 Å². The number of carbonyl (C=O) groups is 4. The van der Waals surface area contributed by atoms with E-state index in [9.17, 15) is 19.2 Å². The zero-order valence-electron chi connectivity index (χ0n) is 71.4. The van der Waals surface area contributed by atoms with Crippen LogP contribution in [0.1, 0.15) is 248 Å². The molecule has 0 saturated carbocycles. The minimum atomic E-state index is -0.787. The van der Waals surface area contributed by atoms with Gasteiger partial charge in [-0.15, -0.1) is 0 Å². The lowest BCUT2D eigenvalue weighted by Gasteiger charge is -2.20. The summed E-state index contributed by atoms with van der Waals surface area (Å²) in [7, 11) is 4.08. The van der Waals surface area contributed by atoms with Crippen LogP contribution >= 0.6 is 0 Å². The summed E-state index contributed by atoms with van der Waals surface area (Å²) in [6.07, 6.45) is 26.4. The average Bonchev–Trinajstić information content (AvgIpc) is 1.75. The maximum absolute atomic E-state index is 10.8. The first kappa shape index (κ1) is 108. The Balaban J connectivity index is -0.000000359. The number of aryl methyl sites for hydroxylation is 9. The fraction of sp³-hybridized carbons (Fsp3) is 0.424. The first-order chi connectivity index (χ1) is 51.7. The van der Waals surface area contributed by atoms with Crippen LogP contribution in [-0.4, -0.2) is 113 Å². The molecule has 1 unspecified atom stereocenters. The number of carbonyl (C=O) groups excluding carboxylic acids is 4. The lowest BCUT2D eigenvalue weighted by molar-refractivity contribution is -0.677. The zero-order chi connectivity index (χ0) is 82.8. The molecule has 0 radical (unpaired) electrons. The second-order valence-corrected chi connectivity index (χ2v) is 24.1. The Bertz CT molecular complexity index is 3720. The van der Waals surface area contributed by atoms with Gasteiger partial charge in [0.25, 0.3) is 5.82 Å². The molecule has 0 amide bonds. The first-order valence-corrected chi connectivity index (χ1v) is 38.2. The molecule has 3 aliphatic heterocycles. The lowest BCUT2D eigenvalue weighted by atomic mass is 10.0. The van der Waals surface area contributed by atoms with Crippen molar-refractivity contribution in [2.24, 2.45) is 27.5 Å². The lowest BCUT2D eigenvalue weighted by Crippen LogP contribution is -2.28. The van der Waals surface area contributed by atoms with E-state index in [0.29, 0.717) is 17.5 Å². The van der Waals surface area contributed by atoms with E-state index < -0.39 is 6.10 Å². The second kappa shape index (κ2) is 69.8. The molecule has 13 rings (SSSR count). The van der Waals surface area contributed by atoms with Crippen molar-refractivity contribution < 1.29 is 28.9 Å². The normalized spacial score (nSPS) is 11.7. The van der Waals surface area contributed by atoms with Crippen LogP contribution in [0, 0.1) is 55.4 Å². The van der Waals surface area contributed by atoms with Crippen molar-refractivity contribution in [2.45, 2.75) is 238 Å². The van der Waals surface area contributed by atoms with Crippen LogP contribution < -0.4 is 4.57 Å². The number of rotatable bonds is 5. The number of allylic oxidation sites excluding steroid dienone is 4. The molecule has 4 aromatic heterocycles. The van der Waals surface area contributed by atoms with E-state index in [-0.39, 0.29) is 30.6 Å². The summed E-state index contributed by atoms with van der Waals surface area (Å²) in [6, 6.07) is 42.5. The smallest absolute Gasteiger partial charge is 0.273 e. The van der Waals surface area contributed by atoms with Crippen LogP contribution in [0.15, 0.2) is 197 Å². The van der Waals surface area contributed by atoms with Crippen LogP contribution in [0.2, 0.25) is 0 Å². The number of hydrogen-bond acceptors (Lipinski definition) is 14. The molecule has 1 aliphatic carbocycles. The summed E-state index contributed by atoms with van der Waals surface area (Å²) >= 11 is 0. The maximum atomic E-state index is 10.8. The fourth-order valence-corrected chi connectivity index (χ4v) is 7.99. The van der Waals surface area contributed by atoms with E-state index >= 15 is 0 Å². The van der Waals surface area contributed by atoms with E-state index in [4.69, 9.17) is 5.11 Å². The number of piperidine rings is 1. The average molecular weight is 1500 g/mol. The number of nitrogens with zero attached hydrogens (tertiary/aromatic N) is 10. The second-order valence-electron chi connectivity index (χ2n) is 24.1. The third-order valence-electron chi connectivity index (χ3n) is 14.5. The van der Waals surface area contributed by atoms with Crippen molar-refractivity contribution in [3.05, 3.63) is 238 Å². The van der Waals surface area contributed by atoms with Crippen molar-refractivity contribution in [1.29, 1.82) is 0 Å². The Morgan fingerprint density at radius 1 is 0.550 bits per heavy atom. The number of aliphatic hydroxyl groups excluding tert-OH is 1. The van der Waals surface area contributed by atoms with Crippen molar-refractivity contribution >= 4 is 74.4 Å². The van der Waals surface area contributed by atoms with Gasteiger partial charge in [-0.2, -0.15) is 25.5 Å². The Kier molecular flexibility index (Phi) is 68.9. The van der Waals surface area contributed by atoms with Crippen molar-refractivity contribution in [2.75, 3.05) is 20.1 Å². The summed E-state index contributed by atoms with van der Waals surface area (Å²) in [4.78, 5) is 58.9. The van der Waals surface area contributed by atoms with Gasteiger partial charge in [-0.1, -0.05) is 244 Å². The number of H-pyrrole nitrogens is 2. The highest BCUT2D eigenvalue weighted by Gasteiger charge is 2.05. The Labute approximate surface area is 659 Å². The Hall–Kier alpha value is -9.97. The first-order valence-electron chi connectivity index (χ1n) is 38.2. The number of aromatic nitrogens is 7. The summed E-state index contributed by atoms with van der Waals surface area (Å²) in [5.74, 6) is 0.915. The number of aliphatic hydroxyl groups is 1. The molecular formula is C92H141N12O5+. The van der Waals surface area contributed by atoms with Crippen LogP contribution in [0.3, 0.4) is 0 Å². The summed E-state index contributed by atoms with van der Waals surface area (Å²) in [5.41, 5.74) is 17.5. The topological polar surface area (TPSA) is 228 Å². The van der Waals surface area contributed by atoms with E-state index in [0.717, 1.165) is 47.7 Å². The van der Waals surface area contributed by atoms with Gasteiger partial charge in [-0.05, 0) is 182 Å². The van der Waals surface area contributed by atoms with Gasteiger partial charge < -0.3 is 19.8 Å². The number of fused-ring (bicyclic) bond motifs is 2. The molecule has 3 N–H and O–H groups in total. The van der Waals surface area contributed by atoms with Crippen molar-refractivity contribution in [3.63, 3.8) is 0 Å². The van der Waals surface area contributed by atoms with E-state index in [1.165, 1.54) is 121 Å². The standard InChI is InChI=1S/C12H12.C10H10O2.C9H9N.C8H8N2.C8H10.C7H9N.C6H13N.C5H8N3.2C4H6N2.C4H8O2.C4H8O.5C2H6.CH4/c1-10-6-8-12(9-7-10)11-4-2-3-5-11;1-7(11)9-3-5-10(6-4-9)8(2)12;1-7-6-10-9-5-3-2-4-8(7)9;1-6-2-3-7-5-9-10-8(7)4-6;1-7-3-5-8(2)6-4-7;1-6-3-4-7(2)8-5-6;1-7-5-3-2-4-6-7;1-5-6-3-8(2)4-7-5;2*1-4-2-3-5-6-4;1-3(5)4(2)6;1-3-4(2)5;5*1-2;/h2-4,6-9H,5H2,1H3;3-6H,1-2H3;2-6,10H,1H3;2-5H,1H3,(H,9,10);3-6H,1-2H3;3-5H,1-2H3;2-6H2,1H3;3-4H,1-2H3;2*3H,2H2,1H3;3,5H,1-2H3;3H2,1-2H3;5*1-2H3;1H4/q;;;;;;;+1;;;;;;;;;;. The molecule has 17 nitrogen and oxygen atoms in total. The van der Waals surface area contributed by atoms with Crippen LogP contribution in [0.25, 0.3) is 27.4 Å². The SMILES string of the molecule is C.CC.CC.CC.CC.CC.CC(=O)C(C)O.CC(=O)c1ccc(C(C)=O)cc1.CC1=NN=CC1.CC1=NN=CC1.CCC(C)=O.CN1CCCCC1.Cc1c[nH]c2ccccc12.Cc1ccc(C)cc1.Cc1ccc(C)nc1.Cc1ccc(C2=CC=CC2)cc1.Cc1ccc2cn[nH]c2c1.Cc1nc[n+](C)cn1. The highest BCUT2D eigenvalue weighted by molar-refractivity contribution is 5.98. The molecule has 7 heterocycles. The quantitative estimate of drug-likeness (QED) is 0.109. The van der Waals surface area contributed by atoms with Gasteiger partial charge in [-0.3, -0.25) is 24.5 Å². The number of ketones is 4. The van der Waals surface area contributed by atoms with Gasteiger partial charge in [0, 0.05) is 95.5 Å². The molecule has 598 valence electrons. The molecule has 1 atom stereocenters. The molecule has 17 heteroatoms. The summed E-state index contributed by atoms with van der Waals surface area (Å²) in [5, 5.41) is 32.3. The number of aromatic amines is 2. The number of benzene rings is 5. The van der Waals surface area contributed by atoms with E-state index in [1.54, 1.807) is 60.8 Å². The van der Waals surface area contributed by atoms with Gasteiger partial charge in [-0.25, -0.2) is 4.57 Å². The number of pyridine rings is 1. The highest BCUT2D eigenvalue weighted by Crippen LogP contribution is 2.23. The monoisotopic (exact) mass is 1490 g/mol. The summed E-state index contributed by atoms with van der Waals surface area (Å²) < 4.78 is 1.80.